The van der Waals surface area contributed by atoms with Crippen LogP contribution < -0.4 is 9.80 Å². The minimum atomic E-state index is -4.96. The molecule has 6 rings (SSSR count). The summed E-state index contributed by atoms with van der Waals surface area (Å²) in [5, 5.41) is 12.4. The van der Waals surface area contributed by atoms with Gasteiger partial charge >= 0.3 is 12.4 Å². The molecule has 0 radical (unpaired) electrons. The molecule has 0 unspecified atom stereocenters. The molecule has 4 aromatic rings. The van der Waals surface area contributed by atoms with Crippen LogP contribution in [0, 0.1) is 0 Å². The van der Waals surface area contributed by atoms with E-state index in [1.165, 1.54) is 4.80 Å². The Balaban J connectivity index is 1.46. The molecule has 43 heavy (non-hydrogen) atoms. The zero-order valence-electron chi connectivity index (χ0n) is 23.0. The molecule has 0 saturated carbocycles. The van der Waals surface area contributed by atoms with E-state index >= 15 is 0 Å². The summed E-state index contributed by atoms with van der Waals surface area (Å²) in [7, 11) is 1.54. The SMILES string of the molecule is Cn1nnc(N(Cc2cc(C(F)(F)F)cc(C(F)(F)F)c2)[C@H]2CCCN(Cc3ccncc3)c3cc4c(cc32)COC4)n1. The highest BCUT2D eigenvalue weighted by Gasteiger charge is 2.38. The Labute approximate surface area is 242 Å². The number of nitrogens with zero attached hydrogens (tertiary/aromatic N) is 7. The molecule has 1 atom stereocenters. The molecule has 0 spiro atoms. The van der Waals surface area contributed by atoms with Crippen LogP contribution in [-0.2, 0) is 50.4 Å². The molecule has 2 aliphatic heterocycles. The van der Waals surface area contributed by atoms with Crippen molar-refractivity contribution in [3.05, 3.63) is 93.8 Å². The molecule has 0 aliphatic carbocycles. The van der Waals surface area contributed by atoms with Gasteiger partial charge in [-0.2, -0.15) is 31.1 Å². The molecule has 0 bridgehead atoms. The molecular formula is C29H27F6N7O. The number of halogens is 6. The number of ether oxygens (including phenoxy) is 1. The lowest BCUT2D eigenvalue weighted by Gasteiger charge is -2.33. The third kappa shape index (κ3) is 6.14. The first-order valence-corrected chi connectivity index (χ1v) is 13.6. The van der Waals surface area contributed by atoms with E-state index in [0.717, 1.165) is 40.1 Å². The van der Waals surface area contributed by atoms with Crippen LogP contribution >= 0.6 is 0 Å². The lowest BCUT2D eigenvalue weighted by molar-refractivity contribution is -0.143. The Kier molecular flexibility index (Phi) is 7.48. The van der Waals surface area contributed by atoms with E-state index < -0.39 is 29.5 Å². The monoisotopic (exact) mass is 603 g/mol. The predicted molar refractivity (Wildman–Crippen MR) is 144 cm³/mol. The minimum Gasteiger partial charge on any atom is -0.372 e. The van der Waals surface area contributed by atoms with Gasteiger partial charge in [-0.25, -0.2) is 0 Å². The average molecular weight is 604 g/mol. The molecule has 0 amide bonds. The van der Waals surface area contributed by atoms with Crippen LogP contribution in [0.25, 0.3) is 0 Å². The second-order valence-electron chi connectivity index (χ2n) is 10.7. The number of hydrogen-bond donors (Lipinski definition) is 0. The third-order valence-corrected chi connectivity index (χ3v) is 7.72. The smallest absolute Gasteiger partial charge is 0.372 e. The quantitative estimate of drug-likeness (QED) is 0.242. The standard InChI is InChI=1S/C29H27F6N7O/c1-40-38-27(37-39-40)42(15-19-9-22(28(30,31)32)13-23(10-19)29(33,34)35)25-3-2-8-41(14-18-4-6-36-7-5-18)26-12-21-17-43-16-20(21)11-24(25)26/h4-7,9-13,25H,2-3,8,14-17H2,1H3/t25-/m0/s1. The normalized spacial score (nSPS) is 17.0. The summed E-state index contributed by atoms with van der Waals surface area (Å²) in [4.78, 5) is 9.19. The zero-order valence-corrected chi connectivity index (χ0v) is 23.0. The van der Waals surface area contributed by atoms with Gasteiger partial charge in [-0.3, -0.25) is 4.98 Å². The van der Waals surface area contributed by atoms with Gasteiger partial charge in [0, 0.05) is 37.7 Å². The molecule has 4 heterocycles. The summed E-state index contributed by atoms with van der Waals surface area (Å²) in [6.07, 6.45) is -5.25. The van der Waals surface area contributed by atoms with Gasteiger partial charge in [0.1, 0.15) is 0 Å². The molecule has 226 valence electrons. The van der Waals surface area contributed by atoms with Crippen molar-refractivity contribution >= 4 is 11.6 Å². The van der Waals surface area contributed by atoms with Gasteiger partial charge in [0.25, 0.3) is 5.95 Å². The molecule has 0 N–H and O–H groups in total. The van der Waals surface area contributed by atoms with Crippen LogP contribution in [-0.4, -0.2) is 31.7 Å². The number of aromatic nitrogens is 5. The number of rotatable bonds is 6. The largest absolute Gasteiger partial charge is 0.416 e. The Morgan fingerprint density at radius 1 is 0.907 bits per heavy atom. The fourth-order valence-corrected chi connectivity index (χ4v) is 5.74. The van der Waals surface area contributed by atoms with Crippen LogP contribution in [0.5, 0.6) is 0 Å². The molecule has 0 saturated heterocycles. The van der Waals surface area contributed by atoms with Gasteiger partial charge in [0.2, 0.25) is 0 Å². The number of alkyl halides is 6. The predicted octanol–water partition coefficient (Wildman–Crippen LogP) is 6.22. The molecule has 8 nitrogen and oxygen atoms in total. The average Bonchev–Trinajstić information content (AvgIpc) is 3.57. The van der Waals surface area contributed by atoms with E-state index in [1.54, 1.807) is 24.3 Å². The number of hydrogen-bond acceptors (Lipinski definition) is 7. The van der Waals surface area contributed by atoms with E-state index in [4.69, 9.17) is 4.74 Å². The van der Waals surface area contributed by atoms with Crippen molar-refractivity contribution in [3.63, 3.8) is 0 Å². The first-order valence-electron chi connectivity index (χ1n) is 13.6. The number of pyridine rings is 1. The molecule has 2 aliphatic rings. The van der Waals surface area contributed by atoms with Gasteiger partial charge in [-0.15, -0.1) is 5.10 Å². The van der Waals surface area contributed by atoms with Gasteiger partial charge in [0.15, 0.2) is 0 Å². The first kappa shape index (κ1) is 28.9. The zero-order chi connectivity index (χ0) is 30.4. The number of anilines is 2. The molecular weight excluding hydrogens is 576 g/mol. The maximum atomic E-state index is 13.7. The van der Waals surface area contributed by atoms with Crippen LogP contribution in [0.15, 0.2) is 54.9 Å². The van der Waals surface area contributed by atoms with Crippen molar-refractivity contribution in [3.8, 4) is 0 Å². The lowest BCUT2D eigenvalue weighted by Crippen LogP contribution is -2.30. The fourth-order valence-electron chi connectivity index (χ4n) is 5.74. The number of tetrazole rings is 1. The highest BCUT2D eigenvalue weighted by Crippen LogP contribution is 2.43. The summed E-state index contributed by atoms with van der Waals surface area (Å²) in [6.45, 7) is 1.82. The second kappa shape index (κ2) is 11.1. The Morgan fingerprint density at radius 2 is 1.58 bits per heavy atom. The lowest BCUT2D eigenvalue weighted by atomic mass is 9.95. The van der Waals surface area contributed by atoms with E-state index in [2.05, 4.69) is 31.4 Å². The Morgan fingerprint density at radius 3 is 2.21 bits per heavy atom. The van der Waals surface area contributed by atoms with Gasteiger partial charge < -0.3 is 14.5 Å². The van der Waals surface area contributed by atoms with Gasteiger partial charge in [-0.1, -0.05) is 5.10 Å². The first-order chi connectivity index (χ1) is 20.5. The number of aryl methyl sites for hydroxylation is 1. The van der Waals surface area contributed by atoms with Gasteiger partial charge in [0.05, 0.1) is 37.4 Å². The number of fused-ring (bicyclic) bond motifs is 2. The van der Waals surface area contributed by atoms with Crippen LogP contribution in [0.3, 0.4) is 0 Å². The maximum Gasteiger partial charge on any atom is 0.416 e. The molecule has 2 aromatic heterocycles. The summed E-state index contributed by atoms with van der Waals surface area (Å²) in [5.41, 5.74) is 1.94. The number of benzene rings is 2. The highest BCUT2D eigenvalue weighted by molar-refractivity contribution is 5.62. The van der Waals surface area contributed by atoms with E-state index in [9.17, 15) is 26.3 Å². The van der Waals surface area contributed by atoms with Crippen LogP contribution in [0.4, 0.5) is 38.0 Å². The summed E-state index contributed by atoms with van der Waals surface area (Å²) >= 11 is 0. The summed E-state index contributed by atoms with van der Waals surface area (Å²) in [5.74, 6) is 0.101. The van der Waals surface area contributed by atoms with E-state index in [-0.39, 0.29) is 24.1 Å². The second-order valence-corrected chi connectivity index (χ2v) is 10.7. The van der Waals surface area contributed by atoms with Crippen molar-refractivity contribution in [2.75, 3.05) is 16.3 Å². The fraction of sp³-hybridized carbons (Fsp3) is 0.379. The summed E-state index contributed by atoms with van der Waals surface area (Å²) in [6, 6.07) is 9.13. The highest BCUT2D eigenvalue weighted by atomic mass is 19.4. The van der Waals surface area contributed by atoms with Crippen LogP contribution in [0.2, 0.25) is 0 Å². The van der Waals surface area contributed by atoms with Crippen LogP contribution in [0.1, 0.15) is 57.8 Å². The van der Waals surface area contributed by atoms with E-state index in [1.807, 2.05) is 18.2 Å². The van der Waals surface area contributed by atoms with Crippen molar-refractivity contribution in [2.45, 2.75) is 57.5 Å². The Bertz CT molecular complexity index is 1570. The maximum absolute atomic E-state index is 13.7. The van der Waals surface area contributed by atoms with E-state index in [0.29, 0.717) is 39.1 Å². The van der Waals surface area contributed by atoms with Crippen molar-refractivity contribution in [1.29, 1.82) is 0 Å². The summed E-state index contributed by atoms with van der Waals surface area (Å²) < 4.78 is 88.0. The van der Waals surface area contributed by atoms with Crippen molar-refractivity contribution < 1.29 is 31.1 Å². The van der Waals surface area contributed by atoms with Gasteiger partial charge in [-0.05, 0) is 88.3 Å². The topological polar surface area (TPSA) is 72.2 Å². The minimum absolute atomic E-state index is 0.101. The van der Waals surface area contributed by atoms with Crippen molar-refractivity contribution in [2.24, 2.45) is 7.05 Å². The van der Waals surface area contributed by atoms with Crippen molar-refractivity contribution in [1.82, 2.24) is 25.2 Å². The Hall–Kier alpha value is -4.20. The molecule has 2 aromatic carbocycles. The molecule has 0 fully saturated rings. The third-order valence-electron chi connectivity index (χ3n) is 7.72. The molecule has 14 heteroatoms.